The number of rotatable bonds is 10. The Kier molecular flexibility index (Phi) is 8.15. The molecule has 0 spiro atoms. The number of imidazole rings is 1. The quantitative estimate of drug-likeness (QED) is 0.283. The Morgan fingerprint density at radius 2 is 2.00 bits per heavy atom. The number of carbonyl (C=O) groups is 1. The Labute approximate surface area is 219 Å². The van der Waals surface area contributed by atoms with E-state index in [2.05, 4.69) is 20.0 Å². The number of fused-ring (bicyclic) bond motifs is 1. The molecule has 0 aliphatic carbocycles. The summed E-state index contributed by atoms with van der Waals surface area (Å²) in [6.45, 7) is 7.19. The molecule has 2 N–H and O–H groups in total. The fourth-order valence-electron chi connectivity index (χ4n) is 3.92. The lowest BCUT2D eigenvalue weighted by Gasteiger charge is -2.25. The van der Waals surface area contributed by atoms with Crippen molar-refractivity contribution in [2.75, 3.05) is 6.61 Å². The Bertz CT molecular complexity index is 1320. The topological polar surface area (TPSA) is 147 Å². The third-order valence-corrected chi connectivity index (χ3v) is 7.45. The first kappa shape index (κ1) is 28.1. The molecule has 206 valence electrons. The number of hydrogen-bond donors (Lipinski definition) is 2. The summed E-state index contributed by atoms with van der Waals surface area (Å²) in [7, 11) is -4.25. The van der Waals surface area contributed by atoms with Crippen molar-refractivity contribution in [2.45, 2.75) is 70.9 Å². The van der Waals surface area contributed by atoms with Gasteiger partial charge in [-0.25, -0.2) is 23.9 Å². The predicted octanol–water partition coefficient (Wildman–Crippen LogP) is 3.25. The van der Waals surface area contributed by atoms with E-state index < -0.39 is 56.6 Å². The number of aromatic nitrogens is 4. The number of nitrogens with zero attached hydrogens (tertiary/aromatic N) is 4. The molecular weight excluding hydrogens is 520 g/mol. The van der Waals surface area contributed by atoms with Crippen molar-refractivity contribution < 1.29 is 37.4 Å². The van der Waals surface area contributed by atoms with Crippen LogP contribution < -0.4 is 9.61 Å². The summed E-state index contributed by atoms with van der Waals surface area (Å²) >= 11 is 0. The molecule has 1 fully saturated rings. The molecule has 3 heterocycles. The van der Waals surface area contributed by atoms with E-state index in [1.165, 1.54) is 30.9 Å². The monoisotopic (exact) mass is 551 g/mol. The van der Waals surface area contributed by atoms with Crippen LogP contribution in [0.2, 0.25) is 0 Å². The van der Waals surface area contributed by atoms with Gasteiger partial charge in [0.1, 0.15) is 30.3 Å². The van der Waals surface area contributed by atoms with Crippen molar-refractivity contribution in [3.63, 3.8) is 0 Å². The molecule has 1 unspecified atom stereocenters. The van der Waals surface area contributed by atoms with Crippen molar-refractivity contribution in [1.29, 1.82) is 0 Å². The molecule has 0 saturated carbocycles. The summed E-state index contributed by atoms with van der Waals surface area (Å²) in [4.78, 5) is 25.0. The molecular formula is C24H31FN5O7P. The predicted molar refractivity (Wildman–Crippen MR) is 134 cm³/mol. The second kappa shape index (κ2) is 11.0. The number of para-hydroxylation sites is 1. The van der Waals surface area contributed by atoms with Gasteiger partial charge in [0.25, 0.3) is 0 Å². The molecule has 1 aliphatic rings. The highest BCUT2D eigenvalue weighted by molar-refractivity contribution is 7.52. The number of aryl methyl sites for hydroxylation is 1. The number of benzene rings is 1. The summed E-state index contributed by atoms with van der Waals surface area (Å²) in [6, 6.07) is 7.11. The smallest absolute Gasteiger partial charge is 0.459 e. The SMILES string of the molecule is Cc1cnc2ncn([C@@H]3O[C@H](COP(=O)(N[C@@H](C)C(=O)OC(C)C)Oc4ccccc4)[C@@H](O)[C@@]3(C)F)c2n1. The van der Waals surface area contributed by atoms with E-state index in [0.717, 1.165) is 0 Å². The molecule has 14 heteroatoms. The molecule has 6 atom stereocenters. The van der Waals surface area contributed by atoms with Gasteiger partial charge in [0.05, 0.1) is 24.6 Å². The molecule has 1 aliphatic heterocycles. The average molecular weight is 552 g/mol. The van der Waals surface area contributed by atoms with Crippen LogP contribution in [0.3, 0.4) is 0 Å². The molecule has 2 aromatic heterocycles. The Morgan fingerprint density at radius 3 is 2.68 bits per heavy atom. The number of nitrogens with one attached hydrogen (secondary N) is 1. The minimum Gasteiger partial charge on any atom is -0.462 e. The van der Waals surface area contributed by atoms with Gasteiger partial charge in [-0.1, -0.05) is 18.2 Å². The summed E-state index contributed by atoms with van der Waals surface area (Å²) < 4.78 is 53.0. The third kappa shape index (κ3) is 6.02. The number of esters is 1. The zero-order valence-corrected chi connectivity index (χ0v) is 22.5. The van der Waals surface area contributed by atoms with Crippen LogP contribution in [0.5, 0.6) is 5.75 Å². The molecule has 0 bridgehead atoms. The first-order chi connectivity index (χ1) is 17.9. The molecule has 3 aromatic rings. The van der Waals surface area contributed by atoms with Crippen LogP contribution >= 0.6 is 7.75 Å². The van der Waals surface area contributed by atoms with Gasteiger partial charge < -0.3 is 19.1 Å². The number of alkyl halides is 1. The molecule has 0 amide bonds. The summed E-state index contributed by atoms with van der Waals surface area (Å²) in [5.41, 5.74) is -1.13. The highest BCUT2D eigenvalue weighted by Crippen LogP contribution is 2.48. The molecule has 0 radical (unpaired) electrons. The summed E-state index contributed by atoms with van der Waals surface area (Å²) in [5, 5.41) is 13.3. The maximum absolute atomic E-state index is 15.8. The van der Waals surface area contributed by atoms with Crippen molar-refractivity contribution in [1.82, 2.24) is 24.6 Å². The Morgan fingerprint density at radius 1 is 1.29 bits per heavy atom. The highest BCUT2D eigenvalue weighted by atomic mass is 31.2. The minimum absolute atomic E-state index is 0.202. The number of hydrogen-bond acceptors (Lipinski definition) is 10. The fraction of sp³-hybridized carbons (Fsp3) is 0.500. The van der Waals surface area contributed by atoms with Crippen LogP contribution in [-0.4, -0.2) is 67.2 Å². The van der Waals surface area contributed by atoms with Crippen LogP contribution in [0, 0.1) is 6.92 Å². The lowest BCUT2D eigenvalue weighted by molar-refractivity contribution is -0.149. The number of aliphatic hydroxyl groups excluding tert-OH is 1. The van der Waals surface area contributed by atoms with E-state index in [1.807, 2.05) is 0 Å². The second-order valence-corrected chi connectivity index (χ2v) is 11.2. The summed E-state index contributed by atoms with van der Waals surface area (Å²) in [6.07, 6.45) is -1.78. The van der Waals surface area contributed by atoms with Crippen molar-refractivity contribution in [3.05, 3.63) is 48.5 Å². The van der Waals surface area contributed by atoms with E-state index in [1.54, 1.807) is 51.1 Å². The van der Waals surface area contributed by atoms with Gasteiger partial charge >= 0.3 is 13.7 Å². The second-order valence-electron chi connectivity index (χ2n) is 9.47. The van der Waals surface area contributed by atoms with Crippen molar-refractivity contribution in [2.24, 2.45) is 0 Å². The lowest BCUT2D eigenvalue weighted by Crippen LogP contribution is -2.41. The van der Waals surface area contributed by atoms with E-state index in [4.69, 9.17) is 18.5 Å². The number of ether oxygens (including phenoxy) is 2. The van der Waals surface area contributed by atoms with E-state index in [9.17, 15) is 14.5 Å². The van der Waals surface area contributed by atoms with Crippen LogP contribution in [-0.2, 0) is 23.4 Å². The fourth-order valence-corrected chi connectivity index (χ4v) is 5.42. The Balaban J connectivity index is 1.54. The molecule has 38 heavy (non-hydrogen) atoms. The van der Waals surface area contributed by atoms with Crippen LogP contribution in [0.1, 0.15) is 39.6 Å². The van der Waals surface area contributed by atoms with Crippen molar-refractivity contribution >= 4 is 25.0 Å². The highest BCUT2D eigenvalue weighted by Gasteiger charge is 2.56. The average Bonchev–Trinajstić information content (AvgIpc) is 3.35. The zero-order valence-electron chi connectivity index (χ0n) is 21.6. The van der Waals surface area contributed by atoms with Gasteiger partial charge in [-0.2, -0.15) is 5.09 Å². The molecule has 12 nitrogen and oxygen atoms in total. The Hall–Kier alpha value is -2.96. The van der Waals surface area contributed by atoms with Gasteiger partial charge in [0, 0.05) is 0 Å². The molecule has 4 rings (SSSR count). The van der Waals surface area contributed by atoms with Crippen molar-refractivity contribution in [3.8, 4) is 5.75 Å². The van der Waals surface area contributed by atoms with Crippen LogP contribution in [0.15, 0.2) is 42.9 Å². The minimum atomic E-state index is -4.25. The van der Waals surface area contributed by atoms with E-state index in [-0.39, 0.29) is 17.0 Å². The zero-order chi connectivity index (χ0) is 27.7. The molecule has 1 aromatic carbocycles. The van der Waals surface area contributed by atoms with E-state index in [0.29, 0.717) is 5.69 Å². The van der Waals surface area contributed by atoms with Gasteiger partial charge in [-0.3, -0.25) is 13.9 Å². The van der Waals surface area contributed by atoms with E-state index >= 15 is 4.39 Å². The van der Waals surface area contributed by atoms with Gasteiger partial charge in [-0.05, 0) is 46.8 Å². The number of halogens is 1. The maximum Gasteiger partial charge on any atom is 0.459 e. The summed E-state index contributed by atoms with van der Waals surface area (Å²) in [5.74, 6) is -0.467. The van der Waals surface area contributed by atoms with Gasteiger partial charge in [0.15, 0.2) is 23.2 Å². The van der Waals surface area contributed by atoms with Crippen LogP contribution in [0.4, 0.5) is 4.39 Å². The standard InChI is InChI=1S/C24H31FN5O7P/c1-14(2)35-22(32)16(4)29-38(33,37-17-9-7-6-8-10-17)34-12-18-19(31)24(5,25)23(36-18)30-13-27-20-21(30)28-15(3)11-26-20/h6-11,13-14,16,18-19,23,31H,12H2,1-5H3,(H,29,33)/t16-,18+,19+,23+,24+,38?/m0/s1. The maximum atomic E-state index is 15.8. The third-order valence-electron chi connectivity index (χ3n) is 5.81. The lowest BCUT2D eigenvalue weighted by atomic mass is 9.99. The van der Waals surface area contributed by atoms with Gasteiger partial charge in [-0.15, -0.1) is 0 Å². The number of carbonyl (C=O) groups excluding carboxylic acids is 1. The molecule has 1 saturated heterocycles. The van der Waals surface area contributed by atoms with Crippen LogP contribution in [0.25, 0.3) is 11.3 Å². The van der Waals surface area contributed by atoms with Gasteiger partial charge in [0.2, 0.25) is 0 Å². The largest absolute Gasteiger partial charge is 0.462 e. The first-order valence-electron chi connectivity index (χ1n) is 12.1. The number of aliphatic hydroxyl groups is 1. The first-order valence-corrected chi connectivity index (χ1v) is 13.6. The normalized spacial score (nSPS) is 25.8.